The number of pyridine rings is 1. The van der Waals surface area contributed by atoms with Gasteiger partial charge in [0.15, 0.2) is 0 Å². The average molecular weight is 330 g/mol. The summed E-state index contributed by atoms with van der Waals surface area (Å²) in [5.74, 6) is -0.275. The Labute approximate surface area is 139 Å². The minimum absolute atomic E-state index is 0.275. The Bertz CT molecular complexity index is 751. The molecule has 1 saturated heterocycles. The number of urea groups is 1. The predicted molar refractivity (Wildman–Crippen MR) is 87.0 cm³/mol. The van der Waals surface area contributed by atoms with Crippen LogP contribution >= 0.6 is 11.6 Å². The Balaban J connectivity index is 1.78. The average Bonchev–Trinajstić information content (AvgIpc) is 2.78. The second-order valence-corrected chi connectivity index (χ2v) is 6.00. The summed E-state index contributed by atoms with van der Waals surface area (Å²) < 4.78 is 0. The summed E-state index contributed by atoms with van der Waals surface area (Å²) in [5, 5.41) is 3.40. The maximum atomic E-state index is 12.7. The number of nitrogens with zero attached hydrogens (tertiary/aromatic N) is 2. The molecule has 1 fully saturated rings. The number of imide groups is 1. The number of nitrogens with one attached hydrogen (secondary N) is 1. The molecule has 2 heterocycles. The van der Waals surface area contributed by atoms with Crippen molar-refractivity contribution in [1.29, 1.82) is 0 Å². The second kappa shape index (κ2) is 6.01. The zero-order valence-corrected chi connectivity index (χ0v) is 13.4. The topological polar surface area (TPSA) is 62.3 Å². The summed E-state index contributed by atoms with van der Waals surface area (Å²) in [5.41, 5.74) is 0.495. The third kappa shape index (κ3) is 2.80. The molecular formula is C17H16ClN3O2. The van der Waals surface area contributed by atoms with E-state index in [0.29, 0.717) is 17.0 Å². The molecule has 0 spiro atoms. The SMILES string of the molecule is CC1(c2cccnc2)NC(=O)N(CCc2ccccc2Cl)C1=O. The molecule has 0 saturated carbocycles. The Hall–Kier alpha value is -2.40. The van der Waals surface area contributed by atoms with Gasteiger partial charge >= 0.3 is 6.03 Å². The fourth-order valence-electron chi connectivity index (χ4n) is 2.69. The minimum atomic E-state index is -1.08. The van der Waals surface area contributed by atoms with Gasteiger partial charge in [0.25, 0.3) is 5.91 Å². The van der Waals surface area contributed by atoms with E-state index in [-0.39, 0.29) is 12.5 Å². The van der Waals surface area contributed by atoms with Gasteiger partial charge in [-0.25, -0.2) is 4.79 Å². The van der Waals surface area contributed by atoms with Crippen molar-refractivity contribution in [2.75, 3.05) is 6.54 Å². The van der Waals surface area contributed by atoms with Crippen LogP contribution < -0.4 is 5.32 Å². The first-order valence-corrected chi connectivity index (χ1v) is 7.68. The third-order valence-electron chi connectivity index (χ3n) is 4.08. The highest BCUT2D eigenvalue weighted by Crippen LogP contribution is 2.28. The van der Waals surface area contributed by atoms with Crippen LogP contribution in [0, 0.1) is 0 Å². The summed E-state index contributed by atoms with van der Waals surface area (Å²) in [7, 11) is 0. The van der Waals surface area contributed by atoms with Crippen molar-refractivity contribution in [3.8, 4) is 0 Å². The molecule has 0 radical (unpaired) electrons. The number of halogens is 1. The molecule has 3 amide bonds. The van der Waals surface area contributed by atoms with Gasteiger partial charge in [-0.15, -0.1) is 0 Å². The maximum Gasteiger partial charge on any atom is 0.325 e. The van der Waals surface area contributed by atoms with E-state index in [1.54, 1.807) is 37.5 Å². The molecule has 23 heavy (non-hydrogen) atoms. The number of hydrogen-bond donors (Lipinski definition) is 1. The molecular weight excluding hydrogens is 314 g/mol. The highest BCUT2D eigenvalue weighted by atomic mass is 35.5. The van der Waals surface area contributed by atoms with Gasteiger partial charge in [0.05, 0.1) is 0 Å². The third-order valence-corrected chi connectivity index (χ3v) is 4.45. The molecule has 6 heteroatoms. The van der Waals surface area contributed by atoms with E-state index in [1.165, 1.54) is 4.90 Å². The van der Waals surface area contributed by atoms with Crippen LogP contribution in [0.1, 0.15) is 18.1 Å². The molecule has 1 aromatic heterocycles. The van der Waals surface area contributed by atoms with Crippen molar-refractivity contribution < 1.29 is 9.59 Å². The number of amides is 3. The van der Waals surface area contributed by atoms with Crippen molar-refractivity contribution in [3.63, 3.8) is 0 Å². The number of carbonyl (C=O) groups is 2. The van der Waals surface area contributed by atoms with E-state index >= 15 is 0 Å². The van der Waals surface area contributed by atoms with Crippen LogP contribution in [-0.2, 0) is 16.8 Å². The maximum absolute atomic E-state index is 12.7. The lowest BCUT2D eigenvalue weighted by Crippen LogP contribution is -2.41. The van der Waals surface area contributed by atoms with Crippen molar-refractivity contribution in [2.24, 2.45) is 0 Å². The van der Waals surface area contributed by atoms with Crippen LogP contribution in [0.4, 0.5) is 4.79 Å². The van der Waals surface area contributed by atoms with E-state index in [0.717, 1.165) is 5.56 Å². The molecule has 0 bridgehead atoms. The fraction of sp³-hybridized carbons (Fsp3) is 0.235. The molecule has 1 atom stereocenters. The van der Waals surface area contributed by atoms with E-state index < -0.39 is 11.6 Å². The van der Waals surface area contributed by atoms with Gasteiger partial charge in [0.1, 0.15) is 5.54 Å². The summed E-state index contributed by atoms with van der Waals surface area (Å²) in [4.78, 5) is 30.2. The van der Waals surface area contributed by atoms with Gasteiger partial charge in [0, 0.05) is 29.5 Å². The van der Waals surface area contributed by atoms with Crippen LogP contribution in [0.25, 0.3) is 0 Å². The van der Waals surface area contributed by atoms with Gasteiger partial charge in [-0.05, 0) is 31.0 Å². The molecule has 3 rings (SSSR count). The number of aromatic nitrogens is 1. The molecule has 0 aliphatic carbocycles. The Kier molecular flexibility index (Phi) is 4.05. The quantitative estimate of drug-likeness (QED) is 0.877. The smallest absolute Gasteiger partial charge is 0.319 e. The van der Waals surface area contributed by atoms with Crippen molar-refractivity contribution in [3.05, 3.63) is 64.9 Å². The van der Waals surface area contributed by atoms with Crippen molar-refractivity contribution in [1.82, 2.24) is 15.2 Å². The molecule has 118 valence electrons. The Morgan fingerprint density at radius 2 is 2.00 bits per heavy atom. The fourth-order valence-corrected chi connectivity index (χ4v) is 2.92. The zero-order chi connectivity index (χ0) is 16.4. The summed E-state index contributed by atoms with van der Waals surface area (Å²) in [6.07, 6.45) is 3.74. The first kappa shape index (κ1) is 15.5. The number of rotatable bonds is 4. The van der Waals surface area contributed by atoms with Crippen LogP contribution in [0.3, 0.4) is 0 Å². The number of benzene rings is 1. The van der Waals surface area contributed by atoms with E-state index in [1.807, 2.05) is 18.2 Å². The van der Waals surface area contributed by atoms with Gasteiger partial charge < -0.3 is 5.32 Å². The van der Waals surface area contributed by atoms with Gasteiger partial charge in [-0.2, -0.15) is 0 Å². The normalized spacial score (nSPS) is 20.7. The van der Waals surface area contributed by atoms with Crippen LogP contribution in [0.15, 0.2) is 48.8 Å². The van der Waals surface area contributed by atoms with Crippen LogP contribution in [-0.4, -0.2) is 28.4 Å². The van der Waals surface area contributed by atoms with E-state index in [4.69, 9.17) is 11.6 Å². The number of hydrogen-bond acceptors (Lipinski definition) is 3. The number of carbonyl (C=O) groups excluding carboxylic acids is 2. The Morgan fingerprint density at radius 1 is 1.22 bits per heavy atom. The molecule has 1 unspecified atom stereocenters. The molecule has 1 aliphatic heterocycles. The molecule has 5 nitrogen and oxygen atoms in total. The second-order valence-electron chi connectivity index (χ2n) is 5.60. The summed E-state index contributed by atoms with van der Waals surface area (Å²) in [6, 6.07) is 10.5. The van der Waals surface area contributed by atoms with Crippen LogP contribution in [0.5, 0.6) is 0 Å². The minimum Gasteiger partial charge on any atom is -0.319 e. The first-order valence-electron chi connectivity index (χ1n) is 7.30. The van der Waals surface area contributed by atoms with Crippen molar-refractivity contribution in [2.45, 2.75) is 18.9 Å². The molecule has 1 aromatic carbocycles. The highest BCUT2D eigenvalue weighted by molar-refractivity contribution is 6.31. The molecule has 2 aromatic rings. The molecule has 1 aliphatic rings. The van der Waals surface area contributed by atoms with Crippen molar-refractivity contribution >= 4 is 23.5 Å². The lowest BCUT2D eigenvalue weighted by molar-refractivity contribution is -0.131. The van der Waals surface area contributed by atoms with E-state index in [2.05, 4.69) is 10.3 Å². The van der Waals surface area contributed by atoms with Gasteiger partial charge in [0.2, 0.25) is 0 Å². The van der Waals surface area contributed by atoms with Gasteiger partial charge in [-0.1, -0.05) is 35.9 Å². The van der Waals surface area contributed by atoms with Crippen LogP contribution in [0.2, 0.25) is 5.02 Å². The highest BCUT2D eigenvalue weighted by Gasteiger charge is 2.48. The predicted octanol–water partition coefficient (Wildman–Crippen LogP) is 2.74. The zero-order valence-electron chi connectivity index (χ0n) is 12.6. The molecule has 1 N–H and O–H groups in total. The lowest BCUT2D eigenvalue weighted by Gasteiger charge is -2.21. The van der Waals surface area contributed by atoms with E-state index in [9.17, 15) is 9.59 Å². The largest absolute Gasteiger partial charge is 0.325 e. The summed E-state index contributed by atoms with van der Waals surface area (Å²) >= 11 is 6.12. The standard InChI is InChI=1S/C17H16ClN3O2/c1-17(13-6-4-9-19-11-13)15(22)21(16(23)20-17)10-8-12-5-2-3-7-14(12)18/h2-7,9,11H,8,10H2,1H3,(H,20,23). The monoisotopic (exact) mass is 329 g/mol. The Morgan fingerprint density at radius 3 is 2.70 bits per heavy atom. The first-order chi connectivity index (χ1) is 11.0. The lowest BCUT2D eigenvalue weighted by atomic mass is 9.93. The van der Waals surface area contributed by atoms with Gasteiger partial charge in [-0.3, -0.25) is 14.7 Å². The summed E-state index contributed by atoms with van der Waals surface area (Å²) in [6.45, 7) is 1.98.